The lowest BCUT2D eigenvalue weighted by Crippen LogP contribution is -2.30. The van der Waals surface area contributed by atoms with Gasteiger partial charge in [-0.15, -0.1) is 0 Å². The van der Waals surface area contributed by atoms with Crippen molar-refractivity contribution in [2.75, 3.05) is 23.8 Å². The lowest BCUT2D eigenvalue weighted by molar-refractivity contribution is 0.0995. The van der Waals surface area contributed by atoms with Gasteiger partial charge in [-0.25, -0.2) is 9.97 Å². The molecule has 5 nitrogen and oxygen atoms in total. The van der Waals surface area contributed by atoms with Crippen molar-refractivity contribution in [2.45, 2.75) is 58.6 Å². The fourth-order valence-corrected chi connectivity index (χ4v) is 2.39. The number of rotatable bonds is 6. The van der Waals surface area contributed by atoms with Gasteiger partial charge in [0.15, 0.2) is 0 Å². The van der Waals surface area contributed by atoms with E-state index in [0.29, 0.717) is 5.92 Å². The number of hydrogen-bond acceptors (Lipinski definition) is 5. The van der Waals surface area contributed by atoms with Crippen LogP contribution in [0.15, 0.2) is 6.07 Å². The van der Waals surface area contributed by atoms with Crippen LogP contribution in [0, 0.1) is 0 Å². The molecule has 2 unspecified atom stereocenters. The van der Waals surface area contributed by atoms with Gasteiger partial charge in [0.2, 0.25) is 0 Å². The third-order valence-corrected chi connectivity index (χ3v) is 3.52. The largest absolute Gasteiger partial charge is 0.376 e. The Balaban J connectivity index is 2.12. The van der Waals surface area contributed by atoms with Crippen LogP contribution in [0.25, 0.3) is 0 Å². The molecule has 0 saturated carbocycles. The van der Waals surface area contributed by atoms with Gasteiger partial charge in [0.05, 0.1) is 12.1 Å². The van der Waals surface area contributed by atoms with E-state index in [4.69, 9.17) is 4.74 Å². The second kappa shape index (κ2) is 6.88. The number of nitrogens with one attached hydrogen (secondary N) is 2. The molecule has 0 aromatic carbocycles. The molecule has 1 saturated heterocycles. The zero-order valence-corrected chi connectivity index (χ0v) is 12.9. The Morgan fingerprint density at radius 3 is 2.65 bits per heavy atom. The topological polar surface area (TPSA) is 59.1 Å². The molecule has 5 heteroatoms. The molecule has 112 valence electrons. The van der Waals surface area contributed by atoms with Gasteiger partial charge in [0.25, 0.3) is 0 Å². The van der Waals surface area contributed by atoms with Crippen LogP contribution in [0.5, 0.6) is 0 Å². The van der Waals surface area contributed by atoms with E-state index in [1.165, 1.54) is 0 Å². The second-order valence-electron chi connectivity index (χ2n) is 5.67. The molecular formula is C15H26N4O. The highest BCUT2D eigenvalue weighted by Gasteiger charge is 2.22. The van der Waals surface area contributed by atoms with Gasteiger partial charge < -0.3 is 15.4 Å². The lowest BCUT2D eigenvalue weighted by Gasteiger charge is -2.21. The van der Waals surface area contributed by atoms with Crippen molar-refractivity contribution in [3.8, 4) is 0 Å². The fourth-order valence-electron chi connectivity index (χ4n) is 2.39. The zero-order valence-electron chi connectivity index (χ0n) is 12.9. The van der Waals surface area contributed by atoms with E-state index in [9.17, 15) is 0 Å². The molecule has 1 aliphatic heterocycles. The van der Waals surface area contributed by atoms with Gasteiger partial charge >= 0.3 is 0 Å². The van der Waals surface area contributed by atoms with Crippen LogP contribution in [-0.4, -0.2) is 35.3 Å². The molecule has 0 radical (unpaired) electrons. The van der Waals surface area contributed by atoms with Gasteiger partial charge in [0.1, 0.15) is 17.5 Å². The number of aromatic nitrogens is 2. The Kier molecular flexibility index (Phi) is 5.17. The van der Waals surface area contributed by atoms with Crippen LogP contribution in [0.4, 0.5) is 11.6 Å². The first-order valence-electron chi connectivity index (χ1n) is 7.61. The number of anilines is 2. The van der Waals surface area contributed by atoms with Crippen molar-refractivity contribution in [3.63, 3.8) is 0 Å². The van der Waals surface area contributed by atoms with Crippen molar-refractivity contribution in [2.24, 2.45) is 0 Å². The average Bonchev–Trinajstić information content (AvgIpc) is 2.92. The highest BCUT2D eigenvalue weighted by molar-refractivity contribution is 5.48. The molecule has 1 aliphatic rings. The van der Waals surface area contributed by atoms with Crippen molar-refractivity contribution in [1.29, 1.82) is 0 Å². The van der Waals surface area contributed by atoms with Crippen LogP contribution in [-0.2, 0) is 4.74 Å². The first-order chi connectivity index (χ1) is 9.60. The highest BCUT2D eigenvalue weighted by Crippen LogP contribution is 2.21. The Hall–Kier alpha value is -1.36. The standard InChI is InChI=1S/C15H26N4O/c1-5-16-13-9-14(19-15(18-13)10(2)3)17-11(4)12-7-6-8-20-12/h9-12H,5-8H2,1-4H3,(H2,16,17,18,19). The van der Waals surface area contributed by atoms with Crippen molar-refractivity contribution < 1.29 is 4.74 Å². The Morgan fingerprint density at radius 1 is 1.30 bits per heavy atom. The van der Waals surface area contributed by atoms with E-state index in [0.717, 1.165) is 43.5 Å². The van der Waals surface area contributed by atoms with Gasteiger partial charge in [0, 0.05) is 25.1 Å². The summed E-state index contributed by atoms with van der Waals surface area (Å²) in [5.41, 5.74) is 0. The molecular weight excluding hydrogens is 252 g/mol. The van der Waals surface area contributed by atoms with Crippen LogP contribution < -0.4 is 10.6 Å². The smallest absolute Gasteiger partial charge is 0.135 e. The maximum Gasteiger partial charge on any atom is 0.135 e. The third-order valence-electron chi connectivity index (χ3n) is 3.52. The summed E-state index contributed by atoms with van der Waals surface area (Å²) in [6, 6.07) is 2.24. The Morgan fingerprint density at radius 2 is 2.05 bits per heavy atom. The van der Waals surface area contributed by atoms with E-state index in [1.54, 1.807) is 0 Å². The lowest BCUT2D eigenvalue weighted by atomic mass is 10.1. The first-order valence-corrected chi connectivity index (χ1v) is 7.61. The number of ether oxygens (including phenoxy) is 1. The predicted molar refractivity (Wildman–Crippen MR) is 82.3 cm³/mol. The Bertz CT molecular complexity index is 430. The minimum atomic E-state index is 0.266. The summed E-state index contributed by atoms with van der Waals surface area (Å²) in [5.74, 6) is 2.94. The first kappa shape index (κ1) is 15.0. The Labute approximate surface area is 121 Å². The summed E-state index contributed by atoms with van der Waals surface area (Å²) in [7, 11) is 0. The molecule has 20 heavy (non-hydrogen) atoms. The fraction of sp³-hybridized carbons (Fsp3) is 0.733. The maximum atomic E-state index is 5.72. The normalized spacial score (nSPS) is 20.1. The summed E-state index contributed by atoms with van der Waals surface area (Å²) in [6.45, 7) is 10.2. The minimum Gasteiger partial charge on any atom is -0.376 e. The van der Waals surface area contributed by atoms with Crippen molar-refractivity contribution >= 4 is 11.6 Å². The summed E-state index contributed by atoms with van der Waals surface area (Å²) >= 11 is 0. The number of nitrogens with zero attached hydrogens (tertiary/aromatic N) is 2. The molecule has 1 fully saturated rings. The molecule has 2 rings (SSSR count). The van der Waals surface area contributed by atoms with E-state index in [1.807, 2.05) is 6.07 Å². The van der Waals surface area contributed by atoms with E-state index in [-0.39, 0.29) is 12.1 Å². The van der Waals surface area contributed by atoms with Crippen LogP contribution in [0.3, 0.4) is 0 Å². The molecule has 0 aliphatic carbocycles. The van der Waals surface area contributed by atoms with E-state index in [2.05, 4.69) is 48.3 Å². The average molecular weight is 278 g/mol. The van der Waals surface area contributed by atoms with Crippen LogP contribution >= 0.6 is 0 Å². The molecule has 2 atom stereocenters. The summed E-state index contributed by atoms with van der Waals surface area (Å²) < 4.78 is 5.72. The van der Waals surface area contributed by atoms with Gasteiger partial charge in [-0.3, -0.25) is 0 Å². The SMILES string of the molecule is CCNc1cc(NC(C)C2CCCO2)nc(C(C)C)n1. The molecule has 0 spiro atoms. The van der Waals surface area contributed by atoms with Crippen molar-refractivity contribution in [1.82, 2.24) is 9.97 Å². The van der Waals surface area contributed by atoms with Gasteiger partial charge in [-0.2, -0.15) is 0 Å². The summed E-state index contributed by atoms with van der Waals surface area (Å²) in [5, 5.41) is 6.73. The predicted octanol–water partition coefficient (Wildman–Crippen LogP) is 3.01. The van der Waals surface area contributed by atoms with Crippen LogP contribution in [0.2, 0.25) is 0 Å². The minimum absolute atomic E-state index is 0.266. The summed E-state index contributed by atoms with van der Waals surface area (Å²) in [4.78, 5) is 9.14. The van der Waals surface area contributed by atoms with E-state index < -0.39 is 0 Å². The highest BCUT2D eigenvalue weighted by atomic mass is 16.5. The maximum absolute atomic E-state index is 5.72. The molecule has 1 aromatic rings. The van der Waals surface area contributed by atoms with Crippen molar-refractivity contribution in [3.05, 3.63) is 11.9 Å². The quantitative estimate of drug-likeness (QED) is 0.837. The van der Waals surface area contributed by atoms with E-state index >= 15 is 0 Å². The van der Waals surface area contributed by atoms with Crippen LogP contribution in [0.1, 0.15) is 52.3 Å². The number of hydrogen-bond donors (Lipinski definition) is 2. The molecule has 2 heterocycles. The molecule has 0 amide bonds. The third kappa shape index (κ3) is 3.82. The monoisotopic (exact) mass is 278 g/mol. The molecule has 2 N–H and O–H groups in total. The zero-order chi connectivity index (χ0) is 14.5. The van der Waals surface area contributed by atoms with Gasteiger partial charge in [-0.1, -0.05) is 13.8 Å². The molecule has 1 aromatic heterocycles. The molecule has 0 bridgehead atoms. The summed E-state index contributed by atoms with van der Waals surface area (Å²) in [6.07, 6.45) is 2.56. The second-order valence-corrected chi connectivity index (χ2v) is 5.67. The van der Waals surface area contributed by atoms with Gasteiger partial charge in [-0.05, 0) is 26.7 Å².